The number of carbonyl (C=O) groups excluding carboxylic acids is 1. The second-order valence-electron chi connectivity index (χ2n) is 2.34. The van der Waals surface area contributed by atoms with Gasteiger partial charge in [0.2, 0.25) is 0 Å². The molecule has 1 aromatic rings. The van der Waals surface area contributed by atoms with E-state index in [0.29, 0.717) is 11.3 Å². The Morgan fingerprint density at radius 3 is 2.57 bits per heavy atom. The minimum Gasteiger partial charge on any atom is -0.495 e. The highest BCUT2D eigenvalue weighted by Crippen LogP contribution is 2.35. The largest absolute Gasteiger partial charge is 0.495 e. The summed E-state index contributed by atoms with van der Waals surface area (Å²) in [5, 5.41) is 0. The molecule has 0 saturated heterocycles. The highest BCUT2D eigenvalue weighted by molar-refractivity contribution is 7.14. The number of methoxy groups -OCH3 is 2. The minimum absolute atomic E-state index is 0.0605. The van der Waals surface area contributed by atoms with Crippen molar-refractivity contribution in [2.45, 2.75) is 6.43 Å². The number of alkyl halides is 2. The molecule has 14 heavy (non-hydrogen) atoms. The van der Waals surface area contributed by atoms with E-state index in [4.69, 9.17) is 4.74 Å². The van der Waals surface area contributed by atoms with Crippen LogP contribution in [0.15, 0.2) is 6.07 Å². The number of ether oxygens (including phenoxy) is 2. The molecule has 0 aliphatic carbocycles. The summed E-state index contributed by atoms with van der Waals surface area (Å²) in [6, 6.07) is 1.14. The summed E-state index contributed by atoms with van der Waals surface area (Å²) in [4.78, 5) is 10.9. The van der Waals surface area contributed by atoms with Crippen LogP contribution in [0.25, 0.3) is 0 Å². The van der Waals surface area contributed by atoms with Crippen molar-refractivity contribution in [3.63, 3.8) is 0 Å². The average molecular weight is 222 g/mol. The lowest BCUT2D eigenvalue weighted by Gasteiger charge is -1.98. The minimum atomic E-state index is -2.60. The van der Waals surface area contributed by atoms with E-state index in [1.54, 1.807) is 0 Å². The molecular weight excluding hydrogens is 214 g/mol. The van der Waals surface area contributed by atoms with Crippen LogP contribution in [-0.4, -0.2) is 20.2 Å². The summed E-state index contributed by atoms with van der Waals surface area (Å²) in [6.45, 7) is 0. The van der Waals surface area contributed by atoms with Crippen LogP contribution in [0, 0.1) is 0 Å². The third-order valence-electron chi connectivity index (χ3n) is 1.52. The number of halogens is 2. The fourth-order valence-corrected chi connectivity index (χ4v) is 1.79. The van der Waals surface area contributed by atoms with Crippen molar-refractivity contribution in [1.82, 2.24) is 0 Å². The molecule has 0 aliphatic rings. The molecule has 0 saturated carbocycles. The number of hydrogen-bond acceptors (Lipinski definition) is 4. The quantitative estimate of drug-likeness (QED) is 0.737. The normalized spacial score (nSPS) is 10.4. The zero-order chi connectivity index (χ0) is 10.7. The standard InChI is InChI=1S/C8H8F2O3S/c1-12-4-3-5(7(9)10)14-6(4)8(11)13-2/h3,7H,1-2H3. The fourth-order valence-electron chi connectivity index (χ4n) is 0.886. The molecule has 0 radical (unpaired) electrons. The lowest BCUT2D eigenvalue weighted by molar-refractivity contribution is 0.0603. The molecule has 0 amide bonds. The van der Waals surface area contributed by atoms with E-state index in [9.17, 15) is 13.6 Å². The summed E-state index contributed by atoms with van der Waals surface area (Å²) in [6.07, 6.45) is -2.60. The Hall–Kier alpha value is -1.17. The van der Waals surface area contributed by atoms with E-state index >= 15 is 0 Å². The van der Waals surface area contributed by atoms with Gasteiger partial charge in [0, 0.05) is 6.07 Å². The first kappa shape index (κ1) is 10.9. The molecule has 1 rings (SSSR count). The number of esters is 1. The third kappa shape index (κ3) is 2.01. The Labute approximate surface area is 83.3 Å². The summed E-state index contributed by atoms with van der Waals surface area (Å²) < 4.78 is 33.7. The van der Waals surface area contributed by atoms with Gasteiger partial charge in [-0.25, -0.2) is 13.6 Å². The maximum Gasteiger partial charge on any atom is 0.351 e. The molecule has 0 bridgehead atoms. The Balaban J connectivity index is 3.08. The summed E-state index contributed by atoms with van der Waals surface area (Å²) in [7, 11) is 2.49. The van der Waals surface area contributed by atoms with E-state index in [2.05, 4.69) is 4.74 Å². The molecule has 78 valence electrons. The molecule has 0 atom stereocenters. The van der Waals surface area contributed by atoms with E-state index in [1.807, 2.05) is 0 Å². The van der Waals surface area contributed by atoms with Gasteiger partial charge in [-0.05, 0) is 0 Å². The Bertz CT molecular complexity index is 335. The first-order valence-electron chi connectivity index (χ1n) is 3.64. The van der Waals surface area contributed by atoms with Crippen LogP contribution in [0.2, 0.25) is 0 Å². The predicted molar refractivity (Wildman–Crippen MR) is 47.2 cm³/mol. The molecule has 1 aromatic heterocycles. The molecule has 6 heteroatoms. The molecule has 0 aliphatic heterocycles. The zero-order valence-corrected chi connectivity index (χ0v) is 8.36. The molecule has 0 fully saturated rings. The zero-order valence-electron chi connectivity index (χ0n) is 7.54. The smallest absolute Gasteiger partial charge is 0.351 e. The molecule has 0 N–H and O–H groups in total. The van der Waals surface area contributed by atoms with Crippen molar-refractivity contribution in [2.24, 2.45) is 0 Å². The van der Waals surface area contributed by atoms with Gasteiger partial charge in [-0.2, -0.15) is 0 Å². The molecular formula is C8H8F2O3S. The van der Waals surface area contributed by atoms with Crippen molar-refractivity contribution in [3.05, 3.63) is 15.8 Å². The molecule has 0 spiro atoms. The van der Waals surface area contributed by atoms with Crippen LogP contribution >= 0.6 is 11.3 Å². The van der Waals surface area contributed by atoms with Crippen molar-refractivity contribution in [3.8, 4) is 5.75 Å². The number of hydrogen-bond donors (Lipinski definition) is 0. The summed E-state index contributed by atoms with van der Waals surface area (Å²) in [5.74, 6) is -0.545. The highest BCUT2D eigenvalue weighted by Gasteiger charge is 2.21. The van der Waals surface area contributed by atoms with Crippen LogP contribution < -0.4 is 4.74 Å². The van der Waals surface area contributed by atoms with Gasteiger partial charge in [-0.1, -0.05) is 0 Å². The molecule has 3 nitrogen and oxygen atoms in total. The van der Waals surface area contributed by atoms with Crippen molar-refractivity contribution < 1.29 is 23.0 Å². The van der Waals surface area contributed by atoms with Crippen LogP contribution in [0.1, 0.15) is 21.0 Å². The topological polar surface area (TPSA) is 35.5 Å². The lowest BCUT2D eigenvalue weighted by atomic mass is 10.4. The average Bonchev–Trinajstić information content (AvgIpc) is 2.60. The Morgan fingerprint density at radius 2 is 2.14 bits per heavy atom. The lowest BCUT2D eigenvalue weighted by Crippen LogP contribution is -1.99. The van der Waals surface area contributed by atoms with Gasteiger partial charge in [-0.15, -0.1) is 11.3 Å². The maximum absolute atomic E-state index is 12.3. The van der Waals surface area contributed by atoms with Gasteiger partial charge in [0.05, 0.1) is 19.1 Å². The van der Waals surface area contributed by atoms with Gasteiger partial charge in [0.15, 0.2) is 4.88 Å². The van der Waals surface area contributed by atoms with Gasteiger partial charge in [-0.3, -0.25) is 0 Å². The number of carbonyl (C=O) groups is 1. The number of thiophene rings is 1. The first-order chi connectivity index (χ1) is 6.60. The fraction of sp³-hybridized carbons (Fsp3) is 0.375. The van der Waals surface area contributed by atoms with Crippen LogP contribution in [0.5, 0.6) is 5.75 Å². The number of rotatable bonds is 3. The second-order valence-corrected chi connectivity index (χ2v) is 3.42. The van der Waals surface area contributed by atoms with Gasteiger partial charge < -0.3 is 9.47 Å². The van der Waals surface area contributed by atoms with E-state index in [1.165, 1.54) is 14.2 Å². The predicted octanol–water partition coefficient (Wildman–Crippen LogP) is 2.48. The monoisotopic (exact) mass is 222 g/mol. The van der Waals surface area contributed by atoms with Gasteiger partial charge in [0.25, 0.3) is 6.43 Å². The Morgan fingerprint density at radius 1 is 1.50 bits per heavy atom. The van der Waals surface area contributed by atoms with Crippen molar-refractivity contribution in [1.29, 1.82) is 0 Å². The van der Waals surface area contributed by atoms with E-state index in [-0.39, 0.29) is 15.5 Å². The molecule has 1 heterocycles. The van der Waals surface area contributed by atoms with Crippen LogP contribution in [0.4, 0.5) is 8.78 Å². The van der Waals surface area contributed by atoms with Crippen molar-refractivity contribution in [2.75, 3.05) is 14.2 Å². The van der Waals surface area contributed by atoms with E-state index < -0.39 is 12.4 Å². The van der Waals surface area contributed by atoms with Crippen LogP contribution in [-0.2, 0) is 4.74 Å². The maximum atomic E-state index is 12.3. The second kappa shape index (κ2) is 4.36. The van der Waals surface area contributed by atoms with Gasteiger partial charge in [0.1, 0.15) is 5.75 Å². The van der Waals surface area contributed by atoms with Crippen molar-refractivity contribution >= 4 is 17.3 Å². The highest BCUT2D eigenvalue weighted by atomic mass is 32.1. The Kier molecular flexibility index (Phi) is 3.40. The van der Waals surface area contributed by atoms with E-state index in [0.717, 1.165) is 6.07 Å². The molecule has 0 aromatic carbocycles. The van der Waals surface area contributed by atoms with Crippen LogP contribution in [0.3, 0.4) is 0 Å². The summed E-state index contributed by atoms with van der Waals surface area (Å²) >= 11 is 0.675. The third-order valence-corrected chi connectivity index (χ3v) is 2.63. The first-order valence-corrected chi connectivity index (χ1v) is 4.46. The van der Waals surface area contributed by atoms with Gasteiger partial charge >= 0.3 is 5.97 Å². The summed E-state index contributed by atoms with van der Waals surface area (Å²) in [5.41, 5.74) is 0. The molecule has 0 unspecified atom stereocenters. The SMILES string of the molecule is COC(=O)c1sc(C(F)F)cc1OC.